The third-order valence-corrected chi connectivity index (χ3v) is 2.52. The van der Waals surface area contributed by atoms with E-state index in [9.17, 15) is 0 Å². The summed E-state index contributed by atoms with van der Waals surface area (Å²) in [5.41, 5.74) is 2.76. The number of fused-ring (bicyclic) bond motifs is 1. The predicted octanol–water partition coefficient (Wildman–Crippen LogP) is 2.83. The molecule has 0 saturated heterocycles. The lowest BCUT2D eigenvalue weighted by Gasteiger charge is -2.02. The van der Waals surface area contributed by atoms with Crippen molar-refractivity contribution < 1.29 is 0 Å². The van der Waals surface area contributed by atoms with E-state index < -0.39 is 0 Å². The van der Waals surface area contributed by atoms with E-state index in [1.165, 1.54) is 36.8 Å². The van der Waals surface area contributed by atoms with Crippen LogP contribution in [0.5, 0.6) is 0 Å². The Morgan fingerprint density at radius 1 is 1.00 bits per heavy atom. The summed E-state index contributed by atoms with van der Waals surface area (Å²) >= 11 is 0. The van der Waals surface area contributed by atoms with Gasteiger partial charge in [-0.25, -0.2) is 0 Å². The molecule has 1 heteroatoms. The first-order valence-electron chi connectivity index (χ1n) is 5.04. The number of aliphatic imine (C=N–C) groups is 1. The van der Waals surface area contributed by atoms with Gasteiger partial charge in [-0.05, 0) is 30.4 Å². The number of aryl methyl sites for hydroxylation is 1. The van der Waals surface area contributed by atoms with E-state index in [-0.39, 0.29) is 0 Å². The molecule has 1 aliphatic heterocycles. The number of hydrogen-bond acceptors (Lipinski definition) is 1. The molecule has 1 nitrogen and oxygen atoms in total. The molecule has 0 amide bonds. The van der Waals surface area contributed by atoms with E-state index in [0.717, 1.165) is 6.54 Å². The molecular formula is C12H15N. The molecule has 0 aromatic heterocycles. The van der Waals surface area contributed by atoms with Gasteiger partial charge in [-0.2, -0.15) is 0 Å². The molecule has 0 spiro atoms. The van der Waals surface area contributed by atoms with Crippen LogP contribution in [0.2, 0.25) is 0 Å². The van der Waals surface area contributed by atoms with Crippen LogP contribution in [0.4, 0.5) is 0 Å². The van der Waals surface area contributed by atoms with Gasteiger partial charge in [-0.3, -0.25) is 4.99 Å². The number of hydrogen-bond donors (Lipinski definition) is 0. The summed E-state index contributed by atoms with van der Waals surface area (Å²) in [6.45, 7) is 0.994. The van der Waals surface area contributed by atoms with Crippen molar-refractivity contribution in [2.75, 3.05) is 6.54 Å². The number of nitrogens with zero attached hydrogens (tertiary/aromatic N) is 1. The summed E-state index contributed by atoms with van der Waals surface area (Å²) in [6.07, 6.45) is 7.10. The van der Waals surface area contributed by atoms with Crippen molar-refractivity contribution in [2.24, 2.45) is 4.99 Å². The zero-order valence-electron chi connectivity index (χ0n) is 7.87. The average molecular weight is 173 g/mol. The van der Waals surface area contributed by atoms with Gasteiger partial charge in [0.2, 0.25) is 0 Å². The van der Waals surface area contributed by atoms with E-state index in [0.29, 0.717) is 0 Å². The monoisotopic (exact) mass is 173 g/mol. The summed E-state index contributed by atoms with van der Waals surface area (Å²) in [4.78, 5) is 4.41. The minimum Gasteiger partial charge on any atom is -0.293 e. The fourth-order valence-electron chi connectivity index (χ4n) is 1.75. The van der Waals surface area contributed by atoms with Crippen LogP contribution >= 0.6 is 0 Å². The molecule has 2 rings (SSSR count). The second kappa shape index (κ2) is 4.22. The Kier molecular flexibility index (Phi) is 2.75. The van der Waals surface area contributed by atoms with Crippen molar-refractivity contribution in [2.45, 2.75) is 25.7 Å². The molecule has 0 aliphatic carbocycles. The minimum atomic E-state index is 0.994. The highest BCUT2D eigenvalue weighted by Gasteiger charge is 2.00. The third-order valence-electron chi connectivity index (χ3n) is 2.52. The first kappa shape index (κ1) is 8.49. The summed E-state index contributed by atoms with van der Waals surface area (Å²) in [5.74, 6) is 0. The Morgan fingerprint density at radius 2 is 1.92 bits per heavy atom. The SMILES string of the molecule is C1=NCCCCCc2ccccc21. The van der Waals surface area contributed by atoms with Crippen molar-refractivity contribution in [1.29, 1.82) is 0 Å². The van der Waals surface area contributed by atoms with Gasteiger partial charge in [-0.15, -0.1) is 0 Å². The molecule has 13 heavy (non-hydrogen) atoms. The summed E-state index contributed by atoms with van der Waals surface area (Å²) < 4.78 is 0. The highest BCUT2D eigenvalue weighted by molar-refractivity contribution is 5.81. The molecule has 0 bridgehead atoms. The Bertz CT molecular complexity index is 302. The summed E-state index contributed by atoms with van der Waals surface area (Å²) in [6, 6.07) is 8.57. The molecule has 0 unspecified atom stereocenters. The van der Waals surface area contributed by atoms with Crippen LogP contribution in [0, 0.1) is 0 Å². The highest BCUT2D eigenvalue weighted by atomic mass is 14.7. The van der Waals surface area contributed by atoms with Crippen LogP contribution in [0.3, 0.4) is 0 Å². The van der Waals surface area contributed by atoms with Crippen LogP contribution in [0.15, 0.2) is 29.3 Å². The zero-order valence-corrected chi connectivity index (χ0v) is 7.87. The van der Waals surface area contributed by atoms with Crippen molar-refractivity contribution in [1.82, 2.24) is 0 Å². The van der Waals surface area contributed by atoms with Crippen molar-refractivity contribution >= 4 is 6.21 Å². The topological polar surface area (TPSA) is 12.4 Å². The molecule has 0 fully saturated rings. The Morgan fingerprint density at radius 3 is 2.92 bits per heavy atom. The van der Waals surface area contributed by atoms with Gasteiger partial charge < -0.3 is 0 Å². The Balaban J connectivity index is 2.28. The molecule has 1 aromatic carbocycles. The van der Waals surface area contributed by atoms with Gasteiger partial charge in [0.05, 0.1) is 0 Å². The number of rotatable bonds is 0. The molecule has 68 valence electrons. The molecule has 1 aromatic rings. The quantitative estimate of drug-likeness (QED) is 0.572. The molecule has 1 aliphatic rings. The molecule has 0 radical (unpaired) electrons. The Hall–Kier alpha value is -1.11. The lowest BCUT2D eigenvalue weighted by Crippen LogP contribution is -1.91. The summed E-state index contributed by atoms with van der Waals surface area (Å²) in [7, 11) is 0. The van der Waals surface area contributed by atoms with Gasteiger partial charge in [0.15, 0.2) is 0 Å². The van der Waals surface area contributed by atoms with E-state index in [4.69, 9.17) is 0 Å². The van der Waals surface area contributed by atoms with Crippen LogP contribution in [0.1, 0.15) is 30.4 Å². The predicted molar refractivity (Wildman–Crippen MR) is 56.5 cm³/mol. The van der Waals surface area contributed by atoms with E-state index >= 15 is 0 Å². The highest BCUT2D eigenvalue weighted by Crippen LogP contribution is 2.12. The fraction of sp³-hybridized carbons (Fsp3) is 0.417. The van der Waals surface area contributed by atoms with Gasteiger partial charge >= 0.3 is 0 Å². The van der Waals surface area contributed by atoms with Crippen LogP contribution in [-0.4, -0.2) is 12.8 Å². The largest absolute Gasteiger partial charge is 0.293 e. The smallest absolute Gasteiger partial charge is 0.0389 e. The molecule has 0 atom stereocenters. The maximum atomic E-state index is 4.41. The van der Waals surface area contributed by atoms with E-state index in [1.54, 1.807) is 0 Å². The molecule has 0 N–H and O–H groups in total. The molecule has 0 saturated carbocycles. The molecular weight excluding hydrogens is 158 g/mol. The van der Waals surface area contributed by atoms with Crippen molar-refractivity contribution in [3.63, 3.8) is 0 Å². The number of benzene rings is 1. The first-order valence-corrected chi connectivity index (χ1v) is 5.04. The second-order valence-corrected chi connectivity index (χ2v) is 3.54. The fourth-order valence-corrected chi connectivity index (χ4v) is 1.75. The standard InChI is InChI=1S/C12H15N/c1-2-6-11-7-3-4-8-12(11)10-13-9-5-1/h3-4,7-8,10H,1-2,5-6,9H2. The van der Waals surface area contributed by atoms with E-state index in [2.05, 4.69) is 29.3 Å². The lowest BCUT2D eigenvalue weighted by atomic mass is 10.0. The van der Waals surface area contributed by atoms with Gasteiger partial charge in [0.1, 0.15) is 0 Å². The molecule has 1 heterocycles. The lowest BCUT2D eigenvalue weighted by molar-refractivity contribution is 0.691. The van der Waals surface area contributed by atoms with Crippen LogP contribution in [0.25, 0.3) is 0 Å². The first-order chi connectivity index (χ1) is 6.47. The summed E-state index contributed by atoms with van der Waals surface area (Å²) in [5, 5.41) is 0. The normalized spacial score (nSPS) is 16.9. The third kappa shape index (κ3) is 2.18. The van der Waals surface area contributed by atoms with Gasteiger partial charge in [-0.1, -0.05) is 30.7 Å². The second-order valence-electron chi connectivity index (χ2n) is 3.54. The Labute approximate surface area is 79.5 Å². The van der Waals surface area contributed by atoms with Crippen LogP contribution in [-0.2, 0) is 6.42 Å². The van der Waals surface area contributed by atoms with Gasteiger partial charge in [0, 0.05) is 12.8 Å². The maximum absolute atomic E-state index is 4.41. The van der Waals surface area contributed by atoms with Crippen molar-refractivity contribution in [3.05, 3.63) is 35.4 Å². The van der Waals surface area contributed by atoms with Gasteiger partial charge in [0.25, 0.3) is 0 Å². The average Bonchev–Trinajstić information content (AvgIpc) is 2.28. The van der Waals surface area contributed by atoms with E-state index in [1.807, 2.05) is 6.21 Å². The van der Waals surface area contributed by atoms with Crippen LogP contribution < -0.4 is 0 Å². The zero-order chi connectivity index (χ0) is 8.93. The maximum Gasteiger partial charge on any atom is 0.0389 e. The minimum absolute atomic E-state index is 0.994. The van der Waals surface area contributed by atoms with Crippen molar-refractivity contribution in [3.8, 4) is 0 Å².